The van der Waals surface area contributed by atoms with Gasteiger partial charge in [-0.05, 0) is 0 Å². The Labute approximate surface area is 76.7 Å². The van der Waals surface area contributed by atoms with Gasteiger partial charge in [-0.2, -0.15) is 0 Å². The van der Waals surface area contributed by atoms with Crippen LogP contribution < -0.4 is 13.7 Å². The van der Waals surface area contributed by atoms with Crippen molar-refractivity contribution in [2.75, 3.05) is 0 Å². The van der Waals surface area contributed by atoms with E-state index >= 15 is 0 Å². The van der Waals surface area contributed by atoms with Crippen LogP contribution in [0.5, 0.6) is 11.5 Å². The molecule has 0 N–H and O–H groups in total. The van der Waals surface area contributed by atoms with E-state index in [1.165, 1.54) is 6.07 Å². The molecule has 12 heavy (non-hydrogen) atoms. The third-order valence-corrected chi connectivity index (χ3v) is 1.63. The Bertz CT molecular complexity index is 327. The summed E-state index contributed by atoms with van der Waals surface area (Å²) < 4.78 is 34.1. The zero-order valence-electron chi connectivity index (χ0n) is 6.30. The van der Waals surface area contributed by atoms with Gasteiger partial charge < -0.3 is 0 Å². The third kappa shape index (κ3) is 1.17. The second-order valence-electron chi connectivity index (χ2n) is 2.57. The van der Waals surface area contributed by atoms with Crippen molar-refractivity contribution < 1.29 is 18.3 Å². The van der Waals surface area contributed by atoms with E-state index in [1.807, 2.05) is 0 Å². The number of hydrogen-bond donors (Lipinski definition) is 0. The third-order valence-electron chi connectivity index (χ3n) is 1.63. The molecule has 2 rings (SSSR count). The molecule has 1 aliphatic heterocycles. The summed E-state index contributed by atoms with van der Waals surface area (Å²) in [5.41, 5.74) is 0. The summed E-state index contributed by atoms with van der Waals surface area (Å²) in [6, 6.07) is 4.77. The fraction of sp³-hybridized carbons (Fsp3) is 0.143. The molecule has 0 radical (unpaired) electrons. The predicted molar refractivity (Wildman–Crippen MR) is 38.0 cm³/mol. The monoisotopic (exact) mass is 164 g/mol. The van der Waals surface area contributed by atoms with Crippen molar-refractivity contribution in [1.82, 2.24) is 0 Å². The van der Waals surface area contributed by atoms with Gasteiger partial charge >= 0.3 is 76.2 Å². The number of hydrogen-bond acceptors (Lipinski definition) is 2. The Kier molecular flexibility index (Phi) is 1.57. The first-order valence-electron chi connectivity index (χ1n) is 3.44. The number of benzene rings is 1. The van der Waals surface area contributed by atoms with Gasteiger partial charge in [0.15, 0.2) is 0 Å². The Balaban J connectivity index is 2.48. The van der Waals surface area contributed by atoms with E-state index in [0.717, 1.165) is 0 Å². The molecule has 5 heteroatoms. The van der Waals surface area contributed by atoms with Crippen LogP contribution in [0.3, 0.4) is 0 Å². The first kappa shape index (κ1) is 7.90. The summed E-state index contributed by atoms with van der Waals surface area (Å²) in [5.74, 6) is 0.225. The number of fused-ring (bicyclic) bond motifs is 1. The van der Waals surface area contributed by atoms with Crippen molar-refractivity contribution in [1.29, 1.82) is 0 Å². The van der Waals surface area contributed by atoms with Gasteiger partial charge in [0.25, 0.3) is 0 Å². The second-order valence-corrected chi connectivity index (χ2v) is 2.57. The molecule has 0 aliphatic carbocycles. The van der Waals surface area contributed by atoms with Gasteiger partial charge in [-0.1, -0.05) is 0 Å². The molecule has 58 valence electrons. The van der Waals surface area contributed by atoms with Crippen LogP contribution >= 0.6 is 0 Å². The first-order chi connectivity index (χ1) is 5.58. The molecule has 0 saturated carbocycles. The molecule has 1 aromatic carbocycles. The average molecular weight is 164 g/mol. The molecule has 0 unspecified atom stereocenters. The van der Waals surface area contributed by atoms with Crippen LogP contribution in [0.15, 0.2) is 18.2 Å². The van der Waals surface area contributed by atoms with Crippen LogP contribution in [0.2, 0.25) is 0 Å². The fourth-order valence-electron chi connectivity index (χ4n) is 1.10. The summed E-state index contributed by atoms with van der Waals surface area (Å²) in [6.45, 7) is 0. The van der Waals surface area contributed by atoms with Gasteiger partial charge in [0.2, 0.25) is 0 Å². The molecule has 0 atom stereocenters. The molecule has 1 heterocycles. The van der Waals surface area contributed by atoms with Crippen molar-refractivity contribution >= 4 is 22.0 Å². The van der Waals surface area contributed by atoms with Crippen LogP contribution in [0.4, 0.5) is 8.78 Å². The molecule has 0 amide bonds. The summed E-state index contributed by atoms with van der Waals surface area (Å²) in [4.78, 5) is 0. The van der Waals surface area contributed by atoms with Crippen molar-refractivity contribution in [3.63, 3.8) is 0 Å². The molecule has 2 nitrogen and oxygen atoms in total. The molecular formula is C7H3F2LiO2. The standard InChI is InChI=1S/C7H3F2O2.Li/c8-7(9)10-5-3-1-2-4-6(5)11-7;/h1-3H;. The zero-order chi connectivity index (χ0) is 8.77. The topological polar surface area (TPSA) is 18.5 Å². The minimum atomic E-state index is -3.51. The summed E-state index contributed by atoms with van der Waals surface area (Å²) in [5, 5.41) is 0. The molecule has 0 spiro atoms. The van der Waals surface area contributed by atoms with Crippen molar-refractivity contribution in [2.45, 2.75) is 6.29 Å². The first-order valence-corrected chi connectivity index (χ1v) is 3.44. The average Bonchev–Trinajstić information content (AvgIpc) is 2.25. The Hall–Kier alpha value is -0.723. The molecular weight excluding hydrogens is 161 g/mol. The van der Waals surface area contributed by atoms with E-state index in [4.69, 9.17) is 0 Å². The van der Waals surface area contributed by atoms with Gasteiger partial charge in [-0.25, -0.2) is 0 Å². The number of halogens is 2. The van der Waals surface area contributed by atoms with E-state index in [9.17, 15) is 8.78 Å². The molecule has 0 fully saturated rings. The van der Waals surface area contributed by atoms with E-state index in [0.29, 0.717) is 4.24 Å². The number of alkyl halides is 2. The molecule has 0 bridgehead atoms. The SMILES string of the molecule is [Li][c]1cccc2c1OC(F)(F)O2. The van der Waals surface area contributed by atoms with E-state index in [-0.39, 0.29) is 11.5 Å². The van der Waals surface area contributed by atoms with E-state index < -0.39 is 6.29 Å². The molecule has 1 aromatic rings. The van der Waals surface area contributed by atoms with Crippen LogP contribution in [-0.4, -0.2) is 24.0 Å². The molecule has 0 aromatic heterocycles. The predicted octanol–water partition coefficient (Wildman–Crippen LogP) is 0.802. The maximum atomic E-state index is 12.5. The summed E-state index contributed by atoms with van der Waals surface area (Å²) in [7, 11) is 0. The number of rotatable bonds is 0. The van der Waals surface area contributed by atoms with E-state index in [1.54, 1.807) is 29.8 Å². The zero-order valence-corrected chi connectivity index (χ0v) is 6.30. The molecule has 1 aliphatic rings. The number of ether oxygens (including phenoxy) is 2. The molecule has 0 saturated heterocycles. The maximum absolute atomic E-state index is 12.5. The van der Waals surface area contributed by atoms with Crippen LogP contribution in [0, 0.1) is 0 Å². The van der Waals surface area contributed by atoms with Crippen LogP contribution in [-0.2, 0) is 0 Å². The fourth-order valence-corrected chi connectivity index (χ4v) is 1.10. The second kappa shape index (κ2) is 2.38. The Morgan fingerprint density at radius 1 is 1.25 bits per heavy atom. The van der Waals surface area contributed by atoms with Gasteiger partial charge in [-0.3, -0.25) is 0 Å². The summed E-state index contributed by atoms with van der Waals surface area (Å²) in [6.07, 6.45) is -3.51. The van der Waals surface area contributed by atoms with Crippen LogP contribution in [0.1, 0.15) is 0 Å². The van der Waals surface area contributed by atoms with Crippen molar-refractivity contribution in [2.24, 2.45) is 0 Å². The van der Waals surface area contributed by atoms with Gasteiger partial charge in [0.1, 0.15) is 0 Å². The van der Waals surface area contributed by atoms with Gasteiger partial charge in [0, 0.05) is 0 Å². The van der Waals surface area contributed by atoms with Gasteiger partial charge in [0.05, 0.1) is 0 Å². The van der Waals surface area contributed by atoms with Gasteiger partial charge in [-0.15, -0.1) is 0 Å². The summed E-state index contributed by atoms with van der Waals surface area (Å²) >= 11 is 1.68. The Morgan fingerprint density at radius 2 is 2.00 bits per heavy atom. The minimum absolute atomic E-state index is 0.0972. The van der Waals surface area contributed by atoms with Crippen LogP contribution in [0.25, 0.3) is 0 Å². The van der Waals surface area contributed by atoms with Crippen molar-refractivity contribution in [3.05, 3.63) is 18.2 Å². The quantitative estimate of drug-likeness (QED) is 0.528. The van der Waals surface area contributed by atoms with Crippen molar-refractivity contribution in [3.8, 4) is 11.5 Å². The number of para-hydroxylation sites is 1. The normalized spacial score (nSPS) is 18.0. The van der Waals surface area contributed by atoms with E-state index in [2.05, 4.69) is 9.47 Å². The Morgan fingerprint density at radius 3 is 2.67 bits per heavy atom.